The lowest BCUT2D eigenvalue weighted by molar-refractivity contribution is 0.137. The van der Waals surface area contributed by atoms with Gasteiger partial charge in [-0.1, -0.05) is 13.0 Å². The molecule has 0 bridgehead atoms. The van der Waals surface area contributed by atoms with Crippen molar-refractivity contribution in [1.82, 2.24) is 10.3 Å². The van der Waals surface area contributed by atoms with E-state index in [1.807, 2.05) is 12.3 Å². The molecular formula is C12H20N2O. The highest BCUT2D eigenvalue weighted by molar-refractivity contribution is 5.08. The molecular weight excluding hydrogens is 188 g/mol. The van der Waals surface area contributed by atoms with Gasteiger partial charge in [0.25, 0.3) is 0 Å². The maximum Gasteiger partial charge on any atom is 0.0590 e. The molecule has 0 saturated heterocycles. The number of hydrogen-bond donors (Lipinski definition) is 1. The minimum atomic E-state index is 0.806. The minimum Gasteiger partial charge on any atom is -0.380 e. The summed E-state index contributed by atoms with van der Waals surface area (Å²) in [7, 11) is 0. The van der Waals surface area contributed by atoms with E-state index in [9.17, 15) is 0 Å². The Bertz CT molecular complexity index is 239. The van der Waals surface area contributed by atoms with E-state index in [4.69, 9.17) is 4.74 Å². The van der Waals surface area contributed by atoms with Gasteiger partial charge in [-0.3, -0.25) is 4.98 Å². The lowest BCUT2D eigenvalue weighted by Crippen LogP contribution is -2.22. The van der Waals surface area contributed by atoms with E-state index < -0.39 is 0 Å². The molecule has 0 unspecified atom stereocenters. The molecule has 1 aromatic rings. The van der Waals surface area contributed by atoms with Crippen molar-refractivity contribution in [2.24, 2.45) is 0 Å². The van der Waals surface area contributed by atoms with E-state index in [1.165, 1.54) is 5.56 Å². The van der Waals surface area contributed by atoms with Crippen molar-refractivity contribution in [1.29, 1.82) is 0 Å². The molecule has 1 heterocycles. The van der Waals surface area contributed by atoms with E-state index in [2.05, 4.69) is 23.3 Å². The first-order valence-corrected chi connectivity index (χ1v) is 5.61. The third-order valence-electron chi connectivity index (χ3n) is 2.08. The van der Waals surface area contributed by atoms with Crippen LogP contribution in [0.15, 0.2) is 24.5 Å². The SMILES string of the molecule is CCCOCCNCCc1cccnc1. The largest absolute Gasteiger partial charge is 0.380 e. The second kappa shape index (κ2) is 8.38. The molecule has 0 amide bonds. The molecule has 3 heteroatoms. The van der Waals surface area contributed by atoms with Gasteiger partial charge >= 0.3 is 0 Å². The van der Waals surface area contributed by atoms with Crippen LogP contribution in [0.3, 0.4) is 0 Å². The number of rotatable bonds is 8. The summed E-state index contributed by atoms with van der Waals surface area (Å²) in [5, 5.41) is 3.34. The van der Waals surface area contributed by atoms with Crippen molar-refractivity contribution in [2.75, 3.05) is 26.3 Å². The van der Waals surface area contributed by atoms with Gasteiger partial charge in [0, 0.05) is 25.5 Å². The second-order valence-corrected chi connectivity index (χ2v) is 3.47. The van der Waals surface area contributed by atoms with Gasteiger partial charge in [-0.25, -0.2) is 0 Å². The highest BCUT2D eigenvalue weighted by Gasteiger charge is 1.91. The fourth-order valence-corrected chi connectivity index (χ4v) is 1.29. The minimum absolute atomic E-state index is 0.806. The average molecular weight is 208 g/mol. The van der Waals surface area contributed by atoms with Crippen molar-refractivity contribution >= 4 is 0 Å². The van der Waals surface area contributed by atoms with Crippen molar-refractivity contribution in [2.45, 2.75) is 19.8 Å². The molecule has 0 aliphatic heterocycles. The summed E-state index contributed by atoms with van der Waals surface area (Å²) in [6.07, 6.45) is 5.84. The summed E-state index contributed by atoms with van der Waals surface area (Å²) in [6.45, 7) is 5.71. The zero-order chi connectivity index (χ0) is 10.8. The van der Waals surface area contributed by atoms with Crippen LogP contribution >= 0.6 is 0 Å². The molecule has 0 aliphatic carbocycles. The fourth-order valence-electron chi connectivity index (χ4n) is 1.29. The van der Waals surface area contributed by atoms with Gasteiger partial charge in [0.2, 0.25) is 0 Å². The smallest absolute Gasteiger partial charge is 0.0590 e. The summed E-state index contributed by atoms with van der Waals surface area (Å²) in [5.74, 6) is 0. The van der Waals surface area contributed by atoms with Gasteiger partial charge in [0.15, 0.2) is 0 Å². The number of nitrogens with zero attached hydrogens (tertiary/aromatic N) is 1. The maximum absolute atomic E-state index is 5.36. The van der Waals surface area contributed by atoms with Crippen LogP contribution in [0.1, 0.15) is 18.9 Å². The molecule has 0 aromatic carbocycles. The Labute approximate surface area is 91.9 Å². The van der Waals surface area contributed by atoms with Crippen LogP contribution in [-0.4, -0.2) is 31.3 Å². The van der Waals surface area contributed by atoms with Crippen LogP contribution in [-0.2, 0) is 11.2 Å². The lowest BCUT2D eigenvalue weighted by atomic mass is 10.2. The molecule has 0 fully saturated rings. The van der Waals surface area contributed by atoms with Crippen molar-refractivity contribution in [3.8, 4) is 0 Å². The predicted molar refractivity (Wildman–Crippen MR) is 61.9 cm³/mol. The van der Waals surface area contributed by atoms with E-state index in [0.717, 1.165) is 39.1 Å². The summed E-state index contributed by atoms with van der Waals surface area (Å²) in [4.78, 5) is 4.07. The number of ether oxygens (including phenoxy) is 1. The van der Waals surface area contributed by atoms with Gasteiger partial charge < -0.3 is 10.1 Å². The highest BCUT2D eigenvalue weighted by atomic mass is 16.5. The molecule has 0 atom stereocenters. The Kier molecular flexibility index (Phi) is 6.79. The molecule has 1 aromatic heterocycles. The van der Waals surface area contributed by atoms with Crippen LogP contribution in [0.4, 0.5) is 0 Å². The van der Waals surface area contributed by atoms with Crippen LogP contribution in [0.25, 0.3) is 0 Å². The Morgan fingerprint density at radius 3 is 3.00 bits per heavy atom. The topological polar surface area (TPSA) is 34.1 Å². The average Bonchev–Trinajstić information content (AvgIpc) is 2.29. The lowest BCUT2D eigenvalue weighted by Gasteiger charge is -2.05. The van der Waals surface area contributed by atoms with Crippen molar-refractivity contribution in [3.05, 3.63) is 30.1 Å². The van der Waals surface area contributed by atoms with Gasteiger partial charge in [-0.2, -0.15) is 0 Å². The molecule has 3 nitrogen and oxygen atoms in total. The van der Waals surface area contributed by atoms with E-state index in [0.29, 0.717) is 0 Å². The van der Waals surface area contributed by atoms with E-state index >= 15 is 0 Å². The first-order chi connectivity index (χ1) is 7.43. The first-order valence-electron chi connectivity index (χ1n) is 5.61. The molecule has 0 aliphatic rings. The summed E-state index contributed by atoms with van der Waals surface area (Å²) < 4.78 is 5.36. The van der Waals surface area contributed by atoms with Gasteiger partial charge in [0.05, 0.1) is 6.61 Å². The molecule has 1 rings (SSSR count). The molecule has 0 saturated carbocycles. The number of aromatic nitrogens is 1. The molecule has 0 spiro atoms. The van der Waals surface area contributed by atoms with E-state index in [1.54, 1.807) is 6.20 Å². The normalized spacial score (nSPS) is 10.5. The molecule has 1 N–H and O–H groups in total. The van der Waals surface area contributed by atoms with Crippen LogP contribution in [0.2, 0.25) is 0 Å². The predicted octanol–water partition coefficient (Wildman–Crippen LogP) is 1.64. The Hall–Kier alpha value is -0.930. The monoisotopic (exact) mass is 208 g/mol. The molecule has 0 radical (unpaired) electrons. The van der Waals surface area contributed by atoms with Gasteiger partial charge in [0.1, 0.15) is 0 Å². The number of nitrogens with one attached hydrogen (secondary N) is 1. The standard InChI is InChI=1S/C12H20N2O/c1-2-9-15-10-8-13-7-5-12-4-3-6-14-11-12/h3-4,6,11,13H,2,5,7-10H2,1H3. The summed E-state index contributed by atoms with van der Waals surface area (Å²) in [6, 6.07) is 4.07. The molecule has 15 heavy (non-hydrogen) atoms. The third-order valence-corrected chi connectivity index (χ3v) is 2.08. The first kappa shape index (κ1) is 12.1. The van der Waals surface area contributed by atoms with Gasteiger partial charge in [-0.15, -0.1) is 0 Å². The third kappa shape index (κ3) is 6.20. The molecule has 84 valence electrons. The van der Waals surface area contributed by atoms with Crippen LogP contribution in [0, 0.1) is 0 Å². The number of pyridine rings is 1. The Morgan fingerprint density at radius 1 is 1.33 bits per heavy atom. The van der Waals surface area contributed by atoms with Crippen molar-refractivity contribution in [3.63, 3.8) is 0 Å². The van der Waals surface area contributed by atoms with Crippen LogP contribution < -0.4 is 5.32 Å². The zero-order valence-electron chi connectivity index (χ0n) is 9.41. The number of hydrogen-bond acceptors (Lipinski definition) is 3. The second-order valence-electron chi connectivity index (χ2n) is 3.47. The Balaban J connectivity index is 1.93. The van der Waals surface area contributed by atoms with Gasteiger partial charge in [-0.05, 0) is 31.0 Å². The van der Waals surface area contributed by atoms with Crippen molar-refractivity contribution < 1.29 is 4.74 Å². The summed E-state index contributed by atoms with van der Waals surface area (Å²) >= 11 is 0. The van der Waals surface area contributed by atoms with E-state index in [-0.39, 0.29) is 0 Å². The fraction of sp³-hybridized carbons (Fsp3) is 0.583. The summed E-state index contributed by atoms with van der Waals surface area (Å²) in [5.41, 5.74) is 1.28. The highest BCUT2D eigenvalue weighted by Crippen LogP contribution is 1.94. The maximum atomic E-state index is 5.36. The zero-order valence-corrected chi connectivity index (χ0v) is 9.41. The van der Waals surface area contributed by atoms with Crippen LogP contribution in [0.5, 0.6) is 0 Å². The Morgan fingerprint density at radius 2 is 2.27 bits per heavy atom. The quantitative estimate of drug-likeness (QED) is 0.659.